The Balaban J connectivity index is 2.21. The van der Waals surface area contributed by atoms with Crippen molar-refractivity contribution in [3.05, 3.63) is 70.0 Å². The van der Waals surface area contributed by atoms with Gasteiger partial charge in [0.1, 0.15) is 5.82 Å². The van der Waals surface area contributed by atoms with Gasteiger partial charge in [0, 0.05) is 11.4 Å². The van der Waals surface area contributed by atoms with Crippen LogP contribution in [0, 0.1) is 12.7 Å². The molecular weight excluding hydrogens is 251 g/mol. The Kier molecular flexibility index (Phi) is 4.00. The smallest absolute Gasteiger partial charge is 0.123 e. The maximum Gasteiger partial charge on any atom is 0.123 e. The molecule has 0 saturated carbocycles. The number of hydrogen-bond donors (Lipinski definition) is 1. The molecule has 2 rings (SSSR count). The van der Waals surface area contributed by atoms with Crippen molar-refractivity contribution in [2.75, 3.05) is 0 Å². The van der Waals surface area contributed by atoms with Crippen LogP contribution in [0.2, 0.25) is 5.02 Å². The van der Waals surface area contributed by atoms with Crippen LogP contribution in [0.3, 0.4) is 0 Å². The number of benzene rings is 2. The predicted molar refractivity (Wildman–Crippen MR) is 71.3 cm³/mol. The van der Waals surface area contributed by atoms with Crippen molar-refractivity contribution < 1.29 is 9.50 Å². The second-order valence-electron chi connectivity index (χ2n) is 4.31. The summed E-state index contributed by atoms with van der Waals surface area (Å²) in [5, 5.41) is 10.7. The van der Waals surface area contributed by atoms with E-state index in [9.17, 15) is 9.50 Å². The Morgan fingerprint density at radius 1 is 1.22 bits per heavy atom. The summed E-state index contributed by atoms with van der Waals surface area (Å²) >= 11 is 6.03. The van der Waals surface area contributed by atoms with Gasteiger partial charge in [0.05, 0.1) is 6.10 Å². The summed E-state index contributed by atoms with van der Waals surface area (Å²) in [5.41, 5.74) is 2.45. The molecule has 1 nitrogen and oxygen atoms in total. The van der Waals surface area contributed by atoms with Crippen molar-refractivity contribution >= 4 is 11.6 Å². The van der Waals surface area contributed by atoms with Crippen LogP contribution in [0.5, 0.6) is 0 Å². The van der Waals surface area contributed by atoms with Gasteiger partial charge in [-0.1, -0.05) is 35.9 Å². The second kappa shape index (κ2) is 5.51. The lowest BCUT2D eigenvalue weighted by Crippen LogP contribution is -2.04. The van der Waals surface area contributed by atoms with Crippen molar-refractivity contribution in [1.82, 2.24) is 0 Å². The largest absolute Gasteiger partial charge is 0.388 e. The van der Waals surface area contributed by atoms with Gasteiger partial charge in [-0.15, -0.1) is 0 Å². The molecule has 0 aliphatic rings. The molecule has 0 radical (unpaired) electrons. The Hall–Kier alpha value is -1.38. The SMILES string of the molecule is Cc1cc(F)ccc1CC(O)c1ccccc1Cl. The molecule has 18 heavy (non-hydrogen) atoms. The van der Waals surface area contributed by atoms with E-state index in [0.717, 1.165) is 11.1 Å². The van der Waals surface area contributed by atoms with Crippen molar-refractivity contribution in [3.8, 4) is 0 Å². The molecular formula is C15H14ClFO. The zero-order valence-corrected chi connectivity index (χ0v) is 10.8. The molecule has 0 bridgehead atoms. The Labute approximate surface area is 111 Å². The van der Waals surface area contributed by atoms with E-state index in [4.69, 9.17) is 11.6 Å². The first-order valence-electron chi connectivity index (χ1n) is 5.75. The number of aryl methyl sites for hydroxylation is 1. The Bertz CT molecular complexity index is 554. The van der Waals surface area contributed by atoms with Crippen LogP contribution in [-0.2, 0) is 6.42 Å². The first-order valence-corrected chi connectivity index (χ1v) is 6.13. The lowest BCUT2D eigenvalue weighted by Gasteiger charge is -2.14. The number of hydrogen-bond acceptors (Lipinski definition) is 1. The lowest BCUT2D eigenvalue weighted by atomic mass is 9.98. The fourth-order valence-corrected chi connectivity index (χ4v) is 2.21. The standard InChI is InChI=1S/C15H14ClFO/c1-10-8-12(17)7-6-11(10)9-15(18)13-4-2-3-5-14(13)16/h2-8,15,18H,9H2,1H3. The van der Waals surface area contributed by atoms with Gasteiger partial charge in [0.25, 0.3) is 0 Å². The summed E-state index contributed by atoms with van der Waals surface area (Å²) in [6.45, 7) is 1.83. The van der Waals surface area contributed by atoms with E-state index in [1.54, 1.807) is 18.2 Å². The average molecular weight is 265 g/mol. The monoisotopic (exact) mass is 264 g/mol. The van der Waals surface area contributed by atoms with Gasteiger partial charge >= 0.3 is 0 Å². The molecule has 0 fully saturated rings. The molecule has 1 unspecified atom stereocenters. The van der Waals surface area contributed by atoms with Gasteiger partial charge in [-0.2, -0.15) is 0 Å². The predicted octanol–water partition coefficient (Wildman–Crippen LogP) is 4.06. The summed E-state index contributed by atoms with van der Waals surface area (Å²) in [5.74, 6) is -0.261. The van der Waals surface area contributed by atoms with E-state index in [2.05, 4.69) is 0 Å². The van der Waals surface area contributed by atoms with Gasteiger partial charge in [-0.05, 0) is 41.8 Å². The third-order valence-electron chi connectivity index (χ3n) is 2.98. The van der Waals surface area contributed by atoms with E-state index in [-0.39, 0.29) is 5.82 Å². The minimum Gasteiger partial charge on any atom is -0.388 e. The van der Waals surface area contributed by atoms with Crippen LogP contribution < -0.4 is 0 Å². The van der Waals surface area contributed by atoms with Crippen LogP contribution in [0.15, 0.2) is 42.5 Å². The molecule has 2 aromatic carbocycles. The zero-order chi connectivity index (χ0) is 13.1. The molecule has 1 N–H and O–H groups in total. The quantitative estimate of drug-likeness (QED) is 0.886. The highest BCUT2D eigenvalue weighted by Crippen LogP contribution is 2.26. The van der Waals surface area contributed by atoms with Crippen LogP contribution in [0.4, 0.5) is 4.39 Å². The summed E-state index contributed by atoms with van der Waals surface area (Å²) < 4.78 is 13.0. The van der Waals surface area contributed by atoms with E-state index < -0.39 is 6.10 Å². The van der Waals surface area contributed by atoms with Crippen LogP contribution in [-0.4, -0.2) is 5.11 Å². The maximum atomic E-state index is 13.0. The minimum absolute atomic E-state index is 0.261. The number of aliphatic hydroxyl groups is 1. The first-order chi connectivity index (χ1) is 8.58. The first kappa shape index (κ1) is 13.1. The summed E-state index contributed by atoms with van der Waals surface area (Å²) in [6.07, 6.45) is -0.251. The Morgan fingerprint density at radius 2 is 1.94 bits per heavy atom. The average Bonchev–Trinajstić information content (AvgIpc) is 2.33. The second-order valence-corrected chi connectivity index (χ2v) is 4.72. The van der Waals surface area contributed by atoms with Crippen molar-refractivity contribution in [3.63, 3.8) is 0 Å². The third-order valence-corrected chi connectivity index (χ3v) is 3.33. The van der Waals surface area contributed by atoms with Gasteiger partial charge in [0.2, 0.25) is 0 Å². The molecule has 2 aromatic rings. The molecule has 0 aromatic heterocycles. The molecule has 0 heterocycles. The number of rotatable bonds is 3. The highest BCUT2D eigenvalue weighted by atomic mass is 35.5. The summed E-state index contributed by atoms with van der Waals surface area (Å²) in [7, 11) is 0. The lowest BCUT2D eigenvalue weighted by molar-refractivity contribution is 0.178. The van der Waals surface area contributed by atoms with Crippen molar-refractivity contribution in [1.29, 1.82) is 0 Å². The molecule has 94 valence electrons. The molecule has 3 heteroatoms. The van der Waals surface area contributed by atoms with Gasteiger partial charge in [0.15, 0.2) is 0 Å². The normalized spacial score (nSPS) is 12.4. The number of halogens is 2. The van der Waals surface area contributed by atoms with Gasteiger partial charge in [-0.3, -0.25) is 0 Å². The topological polar surface area (TPSA) is 20.2 Å². The minimum atomic E-state index is -0.678. The van der Waals surface area contributed by atoms with Gasteiger partial charge < -0.3 is 5.11 Å². The van der Waals surface area contributed by atoms with Crippen LogP contribution in [0.25, 0.3) is 0 Å². The molecule has 1 atom stereocenters. The highest BCUT2D eigenvalue weighted by Gasteiger charge is 2.13. The van der Waals surface area contributed by atoms with Gasteiger partial charge in [-0.25, -0.2) is 4.39 Å². The van der Waals surface area contributed by atoms with E-state index in [0.29, 0.717) is 17.0 Å². The summed E-state index contributed by atoms with van der Waals surface area (Å²) in [6, 6.07) is 11.8. The molecule has 0 aliphatic carbocycles. The zero-order valence-electron chi connectivity index (χ0n) is 10.0. The molecule has 0 saturated heterocycles. The molecule has 0 amide bonds. The van der Waals surface area contributed by atoms with E-state index in [1.807, 2.05) is 19.1 Å². The van der Waals surface area contributed by atoms with Crippen LogP contribution in [0.1, 0.15) is 22.8 Å². The third kappa shape index (κ3) is 2.89. The molecule has 0 spiro atoms. The Morgan fingerprint density at radius 3 is 2.61 bits per heavy atom. The van der Waals surface area contributed by atoms with Crippen molar-refractivity contribution in [2.24, 2.45) is 0 Å². The number of aliphatic hydroxyl groups excluding tert-OH is 1. The van der Waals surface area contributed by atoms with Crippen LogP contribution >= 0.6 is 11.6 Å². The van der Waals surface area contributed by atoms with E-state index >= 15 is 0 Å². The fourth-order valence-electron chi connectivity index (χ4n) is 1.95. The van der Waals surface area contributed by atoms with Crippen molar-refractivity contribution in [2.45, 2.75) is 19.4 Å². The molecule has 0 aliphatic heterocycles. The highest BCUT2D eigenvalue weighted by molar-refractivity contribution is 6.31. The summed E-state index contributed by atoms with van der Waals surface area (Å²) in [4.78, 5) is 0. The van der Waals surface area contributed by atoms with E-state index in [1.165, 1.54) is 12.1 Å². The maximum absolute atomic E-state index is 13.0. The fraction of sp³-hybridized carbons (Fsp3) is 0.200.